The van der Waals surface area contributed by atoms with Gasteiger partial charge in [0.05, 0.1) is 19.6 Å². The van der Waals surface area contributed by atoms with Gasteiger partial charge in [-0.05, 0) is 42.1 Å². The maximum Gasteiger partial charge on any atom is 0.232 e. The molecule has 1 aliphatic rings. The van der Waals surface area contributed by atoms with E-state index in [2.05, 4.69) is 0 Å². The lowest BCUT2D eigenvalue weighted by Gasteiger charge is -2.13. The van der Waals surface area contributed by atoms with Crippen LogP contribution >= 0.6 is 11.6 Å². The van der Waals surface area contributed by atoms with Crippen molar-refractivity contribution < 1.29 is 14.3 Å². The van der Waals surface area contributed by atoms with Gasteiger partial charge in [-0.25, -0.2) is 0 Å². The molecule has 0 aliphatic heterocycles. The summed E-state index contributed by atoms with van der Waals surface area (Å²) in [6.45, 7) is 0. The Hall–Kier alpha value is -1.22. The standard InChI is InChI=1S/C12H13ClO3/c1-15-9-4-3-8(7-10(9)16-2)12(5-6-12)11(13)14/h3-4,7H,5-6H2,1-2H3. The lowest BCUT2D eigenvalue weighted by atomic mass is 9.97. The maximum atomic E-state index is 11.4. The van der Waals surface area contributed by atoms with E-state index in [9.17, 15) is 4.79 Å². The van der Waals surface area contributed by atoms with E-state index in [4.69, 9.17) is 21.1 Å². The zero-order valence-electron chi connectivity index (χ0n) is 9.25. The molecule has 86 valence electrons. The van der Waals surface area contributed by atoms with Crippen LogP contribution in [0.15, 0.2) is 18.2 Å². The van der Waals surface area contributed by atoms with Crippen molar-refractivity contribution >= 4 is 16.8 Å². The normalized spacial score (nSPS) is 16.7. The Labute approximate surface area is 99.3 Å². The van der Waals surface area contributed by atoms with Crippen LogP contribution in [0.3, 0.4) is 0 Å². The van der Waals surface area contributed by atoms with Crippen LogP contribution in [0.2, 0.25) is 0 Å². The number of carbonyl (C=O) groups is 1. The number of carbonyl (C=O) groups excluding carboxylic acids is 1. The molecule has 0 amide bonds. The molecule has 2 rings (SSSR count). The minimum Gasteiger partial charge on any atom is -0.493 e. The Morgan fingerprint density at radius 2 is 1.88 bits per heavy atom. The third kappa shape index (κ3) is 1.65. The Kier molecular flexibility index (Phi) is 2.80. The Balaban J connectivity index is 2.40. The first-order chi connectivity index (χ1) is 7.64. The van der Waals surface area contributed by atoms with Gasteiger partial charge in [0, 0.05) is 0 Å². The highest BCUT2D eigenvalue weighted by atomic mass is 35.5. The van der Waals surface area contributed by atoms with E-state index in [1.165, 1.54) is 0 Å². The van der Waals surface area contributed by atoms with E-state index in [1.807, 2.05) is 12.1 Å². The highest BCUT2D eigenvalue weighted by Gasteiger charge is 2.50. The van der Waals surface area contributed by atoms with E-state index >= 15 is 0 Å². The van der Waals surface area contributed by atoms with Crippen LogP contribution in [0.4, 0.5) is 0 Å². The molecule has 1 aliphatic carbocycles. The summed E-state index contributed by atoms with van der Waals surface area (Å²) in [5, 5.41) is -0.292. The summed E-state index contributed by atoms with van der Waals surface area (Å²) in [5.74, 6) is 1.29. The highest BCUT2D eigenvalue weighted by molar-refractivity contribution is 6.66. The quantitative estimate of drug-likeness (QED) is 0.759. The largest absolute Gasteiger partial charge is 0.493 e. The summed E-state index contributed by atoms with van der Waals surface area (Å²) >= 11 is 5.62. The molecule has 0 saturated heterocycles. The lowest BCUT2D eigenvalue weighted by Crippen LogP contribution is -2.14. The minimum absolute atomic E-state index is 0.292. The number of hydrogen-bond donors (Lipinski definition) is 0. The van der Waals surface area contributed by atoms with Gasteiger partial charge in [0.1, 0.15) is 0 Å². The molecule has 1 fully saturated rings. The van der Waals surface area contributed by atoms with Gasteiger partial charge in [-0.15, -0.1) is 0 Å². The summed E-state index contributed by atoms with van der Waals surface area (Å²) in [6.07, 6.45) is 1.62. The summed E-state index contributed by atoms with van der Waals surface area (Å²) < 4.78 is 10.3. The summed E-state index contributed by atoms with van der Waals surface area (Å²) in [4.78, 5) is 11.4. The second kappa shape index (κ2) is 3.98. The minimum atomic E-state index is -0.485. The number of hydrogen-bond acceptors (Lipinski definition) is 3. The van der Waals surface area contributed by atoms with E-state index in [0.717, 1.165) is 18.4 Å². The van der Waals surface area contributed by atoms with Gasteiger partial charge in [0.15, 0.2) is 11.5 Å². The molecule has 1 aromatic carbocycles. The van der Waals surface area contributed by atoms with Gasteiger partial charge in [-0.1, -0.05) is 6.07 Å². The topological polar surface area (TPSA) is 35.5 Å². The van der Waals surface area contributed by atoms with Crippen molar-refractivity contribution in [1.82, 2.24) is 0 Å². The molecule has 0 radical (unpaired) electrons. The Morgan fingerprint density at radius 1 is 1.25 bits per heavy atom. The monoisotopic (exact) mass is 240 g/mol. The second-order valence-electron chi connectivity index (χ2n) is 3.93. The zero-order valence-corrected chi connectivity index (χ0v) is 10.0. The number of halogens is 1. The fraction of sp³-hybridized carbons (Fsp3) is 0.417. The Bertz CT molecular complexity index is 424. The van der Waals surface area contributed by atoms with E-state index in [-0.39, 0.29) is 5.24 Å². The fourth-order valence-corrected chi connectivity index (χ4v) is 2.16. The van der Waals surface area contributed by atoms with Gasteiger partial charge in [0.2, 0.25) is 5.24 Å². The molecule has 3 nitrogen and oxygen atoms in total. The second-order valence-corrected chi connectivity index (χ2v) is 4.27. The fourth-order valence-electron chi connectivity index (χ4n) is 1.86. The third-order valence-electron chi connectivity index (χ3n) is 3.06. The molecule has 0 heterocycles. The van der Waals surface area contributed by atoms with Gasteiger partial charge < -0.3 is 9.47 Å². The van der Waals surface area contributed by atoms with Crippen molar-refractivity contribution in [3.63, 3.8) is 0 Å². The van der Waals surface area contributed by atoms with Gasteiger partial charge >= 0.3 is 0 Å². The summed E-state index contributed by atoms with van der Waals surface area (Å²) in [5.41, 5.74) is 0.423. The molecule has 0 bridgehead atoms. The first-order valence-corrected chi connectivity index (χ1v) is 5.44. The van der Waals surface area contributed by atoms with Crippen LogP contribution in [-0.4, -0.2) is 19.5 Å². The Morgan fingerprint density at radius 3 is 2.31 bits per heavy atom. The zero-order chi connectivity index (χ0) is 11.8. The van der Waals surface area contributed by atoms with Crippen molar-refractivity contribution in [2.24, 2.45) is 0 Å². The van der Waals surface area contributed by atoms with Crippen LogP contribution in [0, 0.1) is 0 Å². The van der Waals surface area contributed by atoms with Crippen molar-refractivity contribution in [3.05, 3.63) is 23.8 Å². The third-order valence-corrected chi connectivity index (χ3v) is 3.42. The average Bonchev–Trinajstić information content (AvgIpc) is 3.09. The molecule has 0 aromatic heterocycles. The predicted octanol–water partition coefficient (Wildman–Crippen LogP) is 2.50. The van der Waals surface area contributed by atoms with Crippen LogP contribution in [0.1, 0.15) is 18.4 Å². The number of rotatable bonds is 4. The number of methoxy groups -OCH3 is 2. The molecular weight excluding hydrogens is 228 g/mol. The SMILES string of the molecule is COc1ccc(C2(C(=O)Cl)CC2)cc1OC. The molecule has 16 heavy (non-hydrogen) atoms. The van der Waals surface area contributed by atoms with Crippen molar-refractivity contribution in [2.45, 2.75) is 18.3 Å². The summed E-state index contributed by atoms with van der Waals surface area (Å²) in [7, 11) is 3.15. The van der Waals surface area contributed by atoms with Crippen molar-refractivity contribution in [2.75, 3.05) is 14.2 Å². The number of ether oxygens (including phenoxy) is 2. The van der Waals surface area contributed by atoms with Crippen LogP contribution < -0.4 is 9.47 Å². The van der Waals surface area contributed by atoms with Gasteiger partial charge in [-0.3, -0.25) is 4.79 Å². The average molecular weight is 241 g/mol. The lowest BCUT2D eigenvalue weighted by molar-refractivity contribution is -0.113. The first kappa shape index (κ1) is 11.3. The van der Waals surface area contributed by atoms with Crippen molar-refractivity contribution in [3.8, 4) is 11.5 Å². The van der Waals surface area contributed by atoms with Crippen molar-refractivity contribution in [1.29, 1.82) is 0 Å². The van der Waals surface area contributed by atoms with Crippen LogP contribution in [0.25, 0.3) is 0 Å². The predicted molar refractivity (Wildman–Crippen MR) is 61.3 cm³/mol. The summed E-state index contributed by atoms with van der Waals surface area (Å²) in [6, 6.07) is 5.49. The number of benzene rings is 1. The maximum absolute atomic E-state index is 11.4. The molecule has 0 atom stereocenters. The molecule has 1 saturated carbocycles. The van der Waals surface area contributed by atoms with Crippen LogP contribution in [-0.2, 0) is 10.2 Å². The smallest absolute Gasteiger partial charge is 0.232 e. The van der Waals surface area contributed by atoms with Crippen LogP contribution in [0.5, 0.6) is 11.5 Å². The highest BCUT2D eigenvalue weighted by Crippen LogP contribution is 2.51. The van der Waals surface area contributed by atoms with E-state index in [1.54, 1.807) is 20.3 Å². The molecule has 1 aromatic rings. The van der Waals surface area contributed by atoms with Gasteiger partial charge in [0.25, 0.3) is 0 Å². The molecular formula is C12H13ClO3. The van der Waals surface area contributed by atoms with E-state index < -0.39 is 5.41 Å². The molecule has 4 heteroatoms. The first-order valence-electron chi connectivity index (χ1n) is 5.06. The van der Waals surface area contributed by atoms with E-state index in [0.29, 0.717) is 11.5 Å². The molecule has 0 unspecified atom stereocenters. The molecule has 0 spiro atoms. The van der Waals surface area contributed by atoms with Gasteiger partial charge in [-0.2, -0.15) is 0 Å². The molecule has 0 N–H and O–H groups in total.